The lowest BCUT2D eigenvalue weighted by atomic mass is 9.97. The molecule has 0 bridgehead atoms. The molecule has 146 valence electrons. The Hall–Kier alpha value is -2.65. The Labute approximate surface area is 170 Å². The molecule has 4 rings (SSSR count). The summed E-state index contributed by atoms with van der Waals surface area (Å²) in [7, 11) is 0. The first-order valence-corrected chi connectivity index (χ1v) is 10.7. The summed E-state index contributed by atoms with van der Waals surface area (Å²) in [6.07, 6.45) is 9.65. The normalized spacial score (nSPS) is 12.6. The summed E-state index contributed by atoms with van der Waals surface area (Å²) >= 11 is 3.42. The van der Waals surface area contributed by atoms with E-state index in [9.17, 15) is 0 Å². The van der Waals surface area contributed by atoms with Crippen molar-refractivity contribution < 1.29 is 9.90 Å². The van der Waals surface area contributed by atoms with Gasteiger partial charge in [-0.1, -0.05) is 0 Å². The first-order chi connectivity index (χ1) is 13.6. The molecule has 0 spiro atoms. The van der Waals surface area contributed by atoms with Crippen LogP contribution in [0.5, 0.6) is 0 Å². The minimum Gasteiger partial charge on any atom is -0.483 e. The molecule has 0 amide bonds. The van der Waals surface area contributed by atoms with Crippen LogP contribution in [0.1, 0.15) is 28.8 Å². The van der Waals surface area contributed by atoms with Crippen molar-refractivity contribution in [3.63, 3.8) is 0 Å². The van der Waals surface area contributed by atoms with Crippen molar-refractivity contribution in [2.24, 2.45) is 0 Å². The van der Waals surface area contributed by atoms with E-state index in [-0.39, 0.29) is 6.47 Å². The van der Waals surface area contributed by atoms with Gasteiger partial charge in [0.05, 0.1) is 11.1 Å². The highest BCUT2D eigenvalue weighted by atomic mass is 32.2. The van der Waals surface area contributed by atoms with Crippen LogP contribution in [0.15, 0.2) is 23.4 Å². The highest BCUT2D eigenvalue weighted by Crippen LogP contribution is 2.40. The number of hydrogen-bond donors (Lipinski definition) is 4. The molecule has 2 aromatic heterocycles. The maximum Gasteiger partial charge on any atom is 0.290 e. The van der Waals surface area contributed by atoms with Crippen LogP contribution in [0.4, 0.5) is 17.2 Å². The highest BCUT2D eigenvalue weighted by Gasteiger charge is 2.20. The first kappa shape index (κ1) is 20.1. The number of carbonyl (C=O) groups is 1. The molecule has 2 heterocycles. The Morgan fingerprint density at radius 2 is 2.07 bits per heavy atom. The summed E-state index contributed by atoms with van der Waals surface area (Å²) in [5.74, 6) is 0.848. The number of hydrogen-bond acceptors (Lipinski definition) is 8. The molecule has 1 aliphatic carbocycles. The topological polar surface area (TPSA) is 125 Å². The first-order valence-electron chi connectivity index (χ1n) is 8.71. The molecule has 0 saturated heterocycles. The van der Waals surface area contributed by atoms with Gasteiger partial charge in [-0.25, -0.2) is 9.97 Å². The largest absolute Gasteiger partial charge is 0.483 e. The van der Waals surface area contributed by atoms with Crippen molar-refractivity contribution in [2.45, 2.75) is 30.6 Å². The quantitative estimate of drug-likeness (QED) is 0.216. The van der Waals surface area contributed by atoms with Crippen molar-refractivity contribution >= 4 is 63.2 Å². The smallest absolute Gasteiger partial charge is 0.290 e. The van der Waals surface area contributed by atoms with E-state index in [1.807, 2.05) is 18.4 Å². The minimum atomic E-state index is -0.250. The zero-order chi connectivity index (χ0) is 20.1. The Bertz CT molecular complexity index is 1020. The second-order valence-corrected chi connectivity index (χ2v) is 8.10. The lowest BCUT2D eigenvalue weighted by Gasteiger charge is -2.15. The lowest BCUT2D eigenvalue weighted by Crippen LogP contribution is -2.03. The average molecular weight is 416 g/mol. The Morgan fingerprint density at radius 1 is 1.32 bits per heavy atom. The Kier molecular flexibility index (Phi) is 6.48. The number of carboxylic acid groups (broad SMARTS) is 1. The molecule has 1 aliphatic rings. The van der Waals surface area contributed by atoms with E-state index in [4.69, 9.17) is 21.0 Å². The van der Waals surface area contributed by atoms with Gasteiger partial charge in [-0.15, -0.1) is 23.1 Å². The lowest BCUT2D eigenvalue weighted by molar-refractivity contribution is -0.122. The maximum absolute atomic E-state index is 8.36. The summed E-state index contributed by atoms with van der Waals surface area (Å²) in [4.78, 5) is 20.9. The van der Waals surface area contributed by atoms with Gasteiger partial charge in [0.15, 0.2) is 0 Å². The van der Waals surface area contributed by atoms with Crippen molar-refractivity contribution in [1.82, 2.24) is 9.97 Å². The minimum absolute atomic E-state index is 0.250. The number of benzene rings is 1. The van der Waals surface area contributed by atoms with Gasteiger partial charge in [0.1, 0.15) is 17.0 Å². The molecule has 0 saturated carbocycles. The van der Waals surface area contributed by atoms with Gasteiger partial charge >= 0.3 is 0 Å². The van der Waals surface area contributed by atoms with Crippen LogP contribution in [0.25, 0.3) is 10.2 Å². The number of nitrogens with zero attached hydrogens (tertiary/aromatic N) is 2. The van der Waals surface area contributed by atoms with Gasteiger partial charge in [0.25, 0.3) is 6.47 Å². The zero-order valence-electron chi connectivity index (χ0n) is 15.4. The fraction of sp³-hybridized carbons (Fsp3) is 0.263. The van der Waals surface area contributed by atoms with E-state index < -0.39 is 0 Å². The third-order valence-electron chi connectivity index (χ3n) is 4.57. The molecular weight excluding hydrogens is 394 g/mol. The monoisotopic (exact) mass is 415 g/mol. The van der Waals surface area contributed by atoms with E-state index in [1.165, 1.54) is 29.5 Å². The maximum atomic E-state index is 8.36. The fourth-order valence-corrected chi connectivity index (χ4v) is 5.12. The van der Waals surface area contributed by atoms with Crippen LogP contribution >= 0.6 is 23.1 Å². The number of rotatable bonds is 4. The van der Waals surface area contributed by atoms with Crippen LogP contribution < -0.4 is 11.1 Å². The summed E-state index contributed by atoms with van der Waals surface area (Å²) in [6.45, 7) is -0.250. The molecule has 28 heavy (non-hydrogen) atoms. The Morgan fingerprint density at radius 3 is 2.79 bits per heavy atom. The number of aryl methyl sites for hydroxylation is 2. The fourth-order valence-electron chi connectivity index (χ4n) is 3.32. The van der Waals surface area contributed by atoms with Crippen molar-refractivity contribution in [3.8, 4) is 0 Å². The number of nitrogens with two attached hydrogens (primary N) is 1. The Balaban J connectivity index is 0.000000706. The number of nitrogens with one attached hydrogen (secondary N) is 2. The molecule has 0 fully saturated rings. The second-order valence-electron chi connectivity index (χ2n) is 6.17. The molecular formula is C19H21N5O2S2. The zero-order valence-corrected chi connectivity index (χ0v) is 17.0. The van der Waals surface area contributed by atoms with Gasteiger partial charge in [-0.2, -0.15) is 0 Å². The van der Waals surface area contributed by atoms with Crippen molar-refractivity contribution in [1.29, 1.82) is 5.41 Å². The number of fused-ring (bicyclic) bond motifs is 3. The van der Waals surface area contributed by atoms with E-state index >= 15 is 0 Å². The number of thioether (sulfide) groups is 1. The molecule has 0 unspecified atom stereocenters. The van der Waals surface area contributed by atoms with Crippen LogP contribution in [0, 0.1) is 5.41 Å². The van der Waals surface area contributed by atoms with E-state index in [2.05, 4.69) is 15.3 Å². The van der Waals surface area contributed by atoms with Crippen LogP contribution in [-0.2, 0) is 17.6 Å². The molecule has 5 N–H and O–H groups in total. The third kappa shape index (κ3) is 3.95. The molecule has 1 aromatic carbocycles. The third-order valence-corrected chi connectivity index (χ3v) is 6.54. The summed E-state index contributed by atoms with van der Waals surface area (Å²) in [5, 5.41) is 19.1. The number of thiophene rings is 1. The number of nitrogen functional groups attached to an aromatic ring is 1. The molecule has 0 atom stereocenters. The number of aromatic nitrogens is 2. The van der Waals surface area contributed by atoms with Gasteiger partial charge < -0.3 is 21.6 Å². The van der Waals surface area contributed by atoms with Gasteiger partial charge in [-0.3, -0.25) is 4.79 Å². The summed E-state index contributed by atoms with van der Waals surface area (Å²) in [6, 6.07) is 3.83. The van der Waals surface area contributed by atoms with Gasteiger partial charge in [0, 0.05) is 27.2 Å². The SMILES string of the molecule is CSc1cc(N)c(C=N)cc1Nc1ncnc2sc3c(c12)CCCC3.O=CO. The summed E-state index contributed by atoms with van der Waals surface area (Å²) in [5.41, 5.74) is 9.67. The standard InChI is InChI=1S/C18H19N5S2.CH2O2/c1-24-15-7-12(20)10(8-19)6-13(15)23-17-16-11-4-2-3-5-14(11)25-18(16)22-9-21-17;2-1-3/h6-9,19H,2-5,20H2,1H3,(H,21,22,23);1H,(H,2,3). The molecule has 3 aromatic rings. The molecule has 9 heteroatoms. The predicted octanol–water partition coefficient (Wildman–Crippen LogP) is 4.32. The van der Waals surface area contributed by atoms with Crippen LogP contribution in [0.2, 0.25) is 0 Å². The second kappa shape index (κ2) is 9.03. The van der Waals surface area contributed by atoms with Crippen LogP contribution in [-0.4, -0.2) is 34.0 Å². The predicted molar refractivity (Wildman–Crippen MR) is 117 cm³/mol. The highest BCUT2D eigenvalue weighted by molar-refractivity contribution is 7.98. The van der Waals surface area contributed by atoms with Crippen molar-refractivity contribution in [2.75, 3.05) is 17.3 Å². The average Bonchev–Trinajstić information content (AvgIpc) is 3.09. The van der Waals surface area contributed by atoms with Gasteiger partial charge in [0.2, 0.25) is 0 Å². The molecule has 7 nitrogen and oxygen atoms in total. The number of anilines is 3. The molecule has 0 aliphatic heterocycles. The van der Waals surface area contributed by atoms with Gasteiger partial charge in [-0.05, 0) is 49.6 Å². The van der Waals surface area contributed by atoms with E-state index in [1.54, 1.807) is 29.4 Å². The van der Waals surface area contributed by atoms with E-state index in [0.29, 0.717) is 11.3 Å². The summed E-state index contributed by atoms with van der Waals surface area (Å²) < 4.78 is 0. The van der Waals surface area contributed by atoms with Crippen molar-refractivity contribution in [3.05, 3.63) is 34.5 Å². The van der Waals surface area contributed by atoms with Crippen LogP contribution in [0.3, 0.4) is 0 Å². The van der Waals surface area contributed by atoms with E-state index in [0.717, 1.165) is 39.5 Å². The molecule has 0 radical (unpaired) electrons.